The number of hydrogen-bond donors (Lipinski definition) is 1. The van der Waals surface area contributed by atoms with E-state index in [0.717, 1.165) is 27.5 Å². The van der Waals surface area contributed by atoms with E-state index in [9.17, 15) is 0 Å². The van der Waals surface area contributed by atoms with Gasteiger partial charge in [0.2, 0.25) is 0 Å². The van der Waals surface area contributed by atoms with Crippen LogP contribution in [0.25, 0.3) is 0 Å². The zero-order chi connectivity index (χ0) is 14.7. The first-order valence-electron chi connectivity index (χ1n) is 6.43. The van der Waals surface area contributed by atoms with Gasteiger partial charge >= 0.3 is 0 Å². The molecule has 1 unspecified atom stereocenters. The van der Waals surface area contributed by atoms with Gasteiger partial charge in [0.25, 0.3) is 0 Å². The molecular formula is C15H18BrClN2S. The third kappa shape index (κ3) is 4.22. The molecule has 108 valence electrons. The lowest BCUT2D eigenvalue weighted by atomic mass is 10.1. The van der Waals surface area contributed by atoms with Gasteiger partial charge in [-0.1, -0.05) is 17.7 Å². The molecule has 0 aliphatic carbocycles. The average molecular weight is 374 g/mol. The summed E-state index contributed by atoms with van der Waals surface area (Å²) in [5.74, 6) is 0. The molecule has 0 aliphatic heterocycles. The number of nitrogens with two attached hydrogens (primary N) is 1. The van der Waals surface area contributed by atoms with E-state index in [1.54, 1.807) is 11.3 Å². The third-order valence-electron chi connectivity index (χ3n) is 3.02. The summed E-state index contributed by atoms with van der Waals surface area (Å²) in [5.41, 5.74) is 9.32. The van der Waals surface area contributed by atoms with Gasteiger partial charge in [-0.05, 0) is 64.0 Å². The first-order chi connectivity index (χ1) is 9.45. The summed E-state index contributed by atoms with van der Waals surface area (Å²) < 4.78 is 1.15. The molecule has 2 aromatic rings. The molecule has 0 saturated carbocycles. The van der Waals surface area contributed by atoms with Crippen molar-refractivity contribution in [2.75, 3.05) is 11.9 Å². The zero-order valence-electron chi connectivity index (χ0n) is 11.6. The van der Waals surface area contributed by atoms with Crippen LogP contribution in [0.5, 0.6) is 0 Å². The lowest BCUT2D eigenvalue weighted by Crippen LogP contribution is -2.18. The highest BCUT2D eigenvalue weighted by Gasteiger charge is 2.09. The Morgan fingerprint density at radius 3 is 2.65 bits per heavy atom. The normalized spacial score (nSPS) is 12.4. The number of benzene rings is 1. The molecule has 0 saturated heterocycles. The Labute approximate surface area is 137 Å². The van der Waals surface area contributed by atoms with Crippen molar-refractivity contribution in [3.8, 4) is 0 Å². The minimum absolute atomic E-state index is 0.151. The van der Waals surface area contributed by atoms with Gasteiger partial charge in [-0.2, -0.15) is 0 Å². The maximum Gasteiger partial charge on any atom is 0.0701 e. The predicted molar refractivity (Wildman–Crippen MR) is 92.9 cm³/mol. The highest BCUT2D eigenvalue weighted by Crippen LogP contribution is 2.29. The summed E-state index contributed by atoms with van der Waals surface area (Å²) >= 11 is 11.6. The van der Waals surface area contributed by atoms with Crippen LogP contribution in [-0.2, 0) is 13.0 Å². The molecule has 1 aromatic heterocycles. The van der Waals surface area contributed by atoms with Crippen molar-refractivity contribution in [2.45, 2.75) is 25.9 Å². The summed E-state index contributed by atoms with van der Waals surface area (Å²) in [5, 5.41) is 2.93. The van der Waals surface area contributed by atoms with E-state index in [4.69, 9.17) is 17.3 Å². The lowest BCUT2D eigenvalue weighted by Gasteiger charge is -2.21. The fourth-order valence-corrected chi connectivity index (χ4v) is 3.69. The van der Waals surface area contributed by atoms with Crippen LogP contribution in [0.2, 0.25) is 5.02 Å². The molecule has 0 aliphatic rings. The molecule has 0 amide bonds. The van der Waals surface area contributed by atoms with Crippen LogP contribution in [0.15, 0.2) is 33.4 Å². The monoisotopic (exact) mass is 372 g/mol. The second-order valence-electron chi connectivity index (χ2n) is 5.08. The quantitative estimate of drug-likeness (QED) is 0.823. The summed E-state index contributed by atoms with van der Waals surface area (Å²) in [7, 11) is 2.05. The van der Waals surface area contributed by atoms with Crippen LogP contribution in [0.3, 0.4) is 0 Å². The van der Waals surface area contributed by atoms with Crippen LogP contribution in [0.1, 0.15) is 18.1 Å². The maximum absolute atomic E-state index is 6.39. The number of halogens is 2. The van der Waals surface area contributed by atoms with Crippen molar-refractivity contribution in [3.63, 3.8) is 0 Å². The molecule has 0 bridgehead atoms. The molecule has 2 N–H and O–H groups in total. The number of nitrogens with zero attached hydrogens (tertiary/aromatic N) is 1. The molecule has 1 atom stereocenters. The fourth-order valence-electron chi connectivity index (χ4n) is 2.15. The van der Waals surface area contributed by atoms with Crippen molar-refractivity contribution in [3.05, 3.63) is 49.6 Å². The van der Waals surface area contributed by atoms with Crippen molar-refractivity contribution >= 4 is 44.6 Å². The van der Waals surface area contributed by atoms with E-state index in [-0.39, 0.29) is 6.04 Å². The highest BCUT2D eigenvalue weighted by molar-refractivity contribution is 9.11. The Balaban J connectivity index is 2.11. The summed E-state index contributed by atoms with van der Waals surface area (Å²) in [6, 6.07) is 8.48. The van der Waals surface area contributed by atoms with Crippen molar-refractivity contribution in [2.24, 2.45) is 5.73 Å². The molecule has 1 heterocycles. The second kappa shape index (κ2) is 6.94. The Morgan fingerprint density at radius 1 is 1.35 bits per heavy atom. The van der Waals surface area contributed by atoms with E-state index >= 15 is 0 Å². The van der Waals surface area contributed by atoms with Gasteiger partial charge in [0, 0.05) is 19.6 Å². The molecule has 0 radical (unpaired) electrons. The number of thiophene rings is 1. The standard InChI is InChI=1S/C15H18BrClN2S/c1-10(18)5-11-3-4-14(13(17)6-11)19(2)8-12-7-15(16)20-9-12/h3-4,6-7,9-10H,5,8,18H2,1-2H3. The van der Waals surface area contributed by atoms with Gasteiger partial charge in [0.05, 0.1) is 14.5 Å². The first kappa shape index (κ1) is 15.8. The van der Waals surface area contributed by atoms with Crippen LogP contribution in [0, 0.1) is 0 Å². The number of hydrogen-bond acceptors (Lipinski definition) is 3. The van der Waals surface area contributed by atoms with Gasteiger partial charge in [-0.15, -0.1) is 11.3 Å². The Bertz CT molecular complexity index is 583. The van der Waals surface area contributed by atoms with Crippen molar-refractivity contribution in [1.82, 2.24) is 0 Å². The molecular weight excluding hydrogens is 356 g/mol. The highest BCUT2D eigenvalue weighted by atomic mass is 79.9. The fraction of sp³-hybridized carbons (Fsp3) is 0.333. The molecule has 0 spiro atoms. The van der Waals surface area contributed by atoms with Crippen LogP contribution < -0.4 is 10.6 Å². The van der Waals surface area contributed by atoms with E-state index in [1.807, 2.05) is 13.0 Å². The molecule has 2 nitrogen and oxygen atoms in total. The molecule has 1 aromatic carbocycles. The first-order valence-corrected chi connectivity index (χ1v) is 8.49. The molecule has 2 rings (SSSR count). The number of rotatable bonds is 5. The van der Waals surface area contributed by atoms with E-state index in [2.05, 4.69) is 51.5 Å². The van der Waals surface area contributed by atoms with Gasteiger partial charge in [-0.25, -0.2) is 0 Å². The summed E-state index contributed by atoms with van der Waals surface area (Å²) in [6.45, 7) is 2.84. The van der Waals surface area contributed by atoms with Crippen LogP contribution in [0.4, 0.5) is 5.69 Å². The smallest absolute Gasteiger partial charge is 0.0701 e. The average Bonchev–Trinajstić information content (AvgIpc) is 2.73. The minimum Gasteiger partial charge on any atom is -0.369 e. The Morgan fingerprint density at radius 2 is 2.10 bits per heavy atom. The lowest BCUT2D eigenvalue weighted by molar-refractivity contribution is 0.738. The van der Waals surface area contributed by atoms with Crippen molar-refractivity contribution in [1.29, 1.82) is 0 Å². The largest absolute Gasteiger partial charge is 0.369 e. The Kier molecular flexibility index (Phi) is 5.49. The van der Waals surface area contributed by atoms with Crippen LogP contribution >= 0.6 is 38.9 Å². The van der Waals surface area contributed by atoms with E-state index < -0.39 is 0 Å². The molecule has 20 heavy (non-hydrogen) atoms. The molecule has 0 fully saturated rings. The maximum atomic E-state index is 6.39. The second-order valence-corrected chi connectivity index (χ2v) is 7.78. The zero-order valence-corrected chi connectivity index (χ0v) is 14.7. The number of anilines is 1. The van der Waals surface area contributed by atoms with E-state index in [1.165, 1.54) is 11.1 Å². The van der Waals surface area contributed by atoms with Gasteiger partial charge in [0.1, 0.15) is 0 Å². The minimum atomic E-state index is 0.151. The predicted octanol–water partition coefficient (Wildman–Crippen LogP) is 4.69. The van der Waals surface area contributed by atoms with Gasteiger partial charge in [0.15, 0.2) is 0 Å². The third-order valence-corrected chi connectivity index (χ3v) is 4.88. The Hall–Kier alpha value is -0.550. The molecule has 5 heteroatoms. The van der Waals surface area contributed by atoms with E-state index in [0.29, 0.717) is 0 Å². The summed E-state index contributed by atoms with van der Waals surface area (Å²) in [6.07, 6.45) is 0.848. The van der Waals surface area contributed by atoms with Gasteiger partial charge in [-0.3, -0.25) is 0 Å². The van der Waals surface area contributed by atoms with Crippen LogP contribution in [-0.4, -0.2) is 13.1 Å². The van der Waals surface area contributed by atoms with Gasteiger partial charge < -0.3 is 10.6 Å². The topological polar surface area (TPSA) is 29.3 Å². The summed E-state index contributed by atoms with van der Waals surface area (Å²) in [4.78, 5) is 2.16. The SMILES string of the molecule is CC(N)Cc1ccc(N(C)Cc2csc(Br)c2)c(Cl)c1. The van der Waals surface area contributed by atoms with Crippen molar-refractivity contribution < 1.29 is 0 Å².